The van der Waals surface area contributed by atoms with Crippen molar-refractivity contribution in [1.29, 1.82) is 0 Å². The molecule has 0 unspecified atom stereocenters. The van der Waals surface area contributed by atoms with Crippen LogP contribution < -0.4 is 0 Å². The van der Waals surface area contributed by atoms with E-state index in [2.05, 4.69) is 4.74 Å². The zero-order valence-electron chi connectivity index (χ0n) is 6.49. The number of halogens is 1. The number of carbonyl (C=O) groups is 1. The summed E-state index contributed by atoms with van der Waals surface area (Å²) in [5.41, 5.74) is 0. The molecule has 0 radical (unpaired) electrons. The van der Waals surface area contributed by atoms with Gasteiger partial charge in [-0.2, -0.15) is 8.42 Å². The molecule has 6 heteroatoms. The quantitative estimate of drug-likeness (QED) is 0.474. The van der Waals surface area contributed by atoms with Crippen LogP contribution in [0.5, 0.6) is 0 Å². The van der Waals surface area contributed by atoms with Crippen LogP contribution in [-0.2, 0) is 19.8 Å². The van der Waals surface area contributed by atoms with Crippen molar-refractivity contribution >= 4 is 16.2 Å². The summed E-state index contributed by atoms with van der Waals surface area (Å²) in [4.78, 5) is 10.7. The zero-order valence-corrected chi connectivity index (χ0v) is 7.30. The van der Waals surface area contributed by atoms with E-state index in [1.807, 2.05) is 0 Å². The minimum atomic E-state index is -4.44. The summed E-state index contributed by atoms with van der Waals surface area (Å²) in [6.45, 7) is 0. The lowest BCUT2D eigenvalue weighted by molar-refractivity contribution is -0.142. The number of rotatable bonds is 3. The lowest BCUT2D eigenvalue weighted by Crippen LogP contribution is -2.08. The van der Waals surface area contributed by atoms with Crippen LogP contribution in [-0.4, -0.2) is 27.2 Å². The summed E-state index contributed by atoms with van der Waals surface area (Å²) in [5.74, 6) is -1.82. The first kappa shape index (κ1) is 9.44. The molecule has 1 aliphatic rings. The van der Waals surface area contributed by atoms with Crippen molar-refractivity contribution in [2.75, 3.05) is 12.9 Å². The highest BCUT2D eigenvalue weighted by Gasteiger charge is 2.46. The summed E-state index contributed by atoms with van der Waals surface area (Å²) in [7, 11) is -3.22. The van der Waals surface area contributed by atoms with Crippen LogP contribution in [0.25, 0.3) is 0 Å². The molecule has 0 aliphatic heterocycles. The van der Waals surface area contributed by atoms with Gasteiger partial charge in [0.2, 0.25) is 0 Å². The first-order valence-electron chi connectivity index (χ1n) is 3.44. The largest absolute Gasteiger partial charge is 0.469 e. The van der Waals surface area contributed by atoms with Crippen LogP contribution in [0.4, 0.5) is 3.89 Å². The summed E-state index contributed by atoms with van der Waals surface area (Å²) in [6, 6.07) is 0. The number of hydrogen-bond acceptors (Lipinski definition) is 4. The molecule has 0 N–H and O–H groups in total. The third-order valence-corrected chi connectivity index (χ3v) is 2.67. The van der Waals surface area contributed by atoms with Gasteiger partial charge in [0, 0.05) is 0 Å². The summed E-state index contributed by atoms with van der Waals surface area (Å²) >= 11 is 0. The van der Waals surface area contributed by atoms with E-state index < -0.39 is 27.9 Å². The SMILES string of the molecule is COC(=O)[C@@H]1C[C@H]1CS(=O)(=O)F. The first-order chi connectivity index (χ1) is 5.44. The topological polar surface area (TPSA) is 60.4 Å². The Morgan fingerprint density at radius 1 is 1.67 bits per heavy atom. The first-order valence-corrected chi connectivity index (χ1v) is 4.99. The molecule has 1 fully saturated rings. The van der Waals surface area contributed by atoms with Crippen molar-refractivity contribution in [1.82, 2.24) is 0 Å². The molecule has 0 heterocycles. The maximum atomic E-state index is 12.0. The smallest absolute Gasteiger partial charge is 0.308 e. The molecule has 1 rings (SSSR count). The zero-order chi connectivity index (χ0) is 9.35. The van der Waals surface area contributed by atoms with E-state index in [0.717, 1.165) is 0 Å². The van der Waals surface area contributed by atoms with Crippen molar-refractivity contribution in [3.8, 4) is 0 Å². The van der Waals surface area contributed by atoms with E-state index in [1.54, 1.807) is 0 Å². The second-order valence-corrected chi connectivity index (χ2v) is 4.24. The Hall–Kier alpha value is -0.650. The fourth-order valence-corrected chi connectivity index (χ4v) is 2.01. The van der Waals surface area contributed by atoms with Crippen molar-refractivity contribution in [2.45, 2.75) is 6.42 Å². The fraction of sp³-hybridized carbons (Fsp3) is 0.833. The molecule has 2 atom stereocenters. The molecule has 0 aromatic carbocycles. The van der Waals surface area contributed by atoms with Crippen molar-refractivity contribution in [3.05, 3.63) is 0 Å². The molecule has 0 aromatic heterocycles. The number of esters is 1. The van der Waals surface area contributed by atoms with Gasteiger partial charge < -0.3 is 4.74 Å². The average molecular weight is 196 g/mol. The Morgan fingerprint density at radius 3 is 2.67 bits per heavy atom. The molecule has 0 amide bonds. The van der Waals surface area contributed by atoms with Gasteiger partial charge >= 0.3 is 16.2 Å². The molecular weight excluding hydrogens is 187 g/mol. The lowest BCUT2D eigenvalue weighted by Gasteiger charge is -1.94. The number of methoxy groups -OCH3 is 1. The molecular formula is C6H9FO4S. The normalized spacial score (nSPS) is 28.2. The van der Waals surface area contributed by atoms with Crippen molar-refractivity contribution < 1.29 is 21.8 Å². The minimum Gasteiger partial charge on any atom is -0.469 e. The second-order valence-electron chi connectivity index (χ2n) is 2.83. The van der Waals surface area contributed by atoms with E-state index in [0.29, 0.717) is 6.42 Å². The van der Waals surface area contributed by atoms with Gasteiger partial charge in [-0.3, -0.25) is 4.79 Å². The Bertz CT molecular complexity index is 284. The predicted molar refractivity (Wildman–Crippen MR) is 38.5 cm³/mol. The van der Waals surface area contributed by atoms with Crippen LogP contribution in [0.1, 0.15) is 6.42 Å². The van der Waals surface area contributed by atoms with Gasteiger partial charge in [-0.05, 0) is 12.3 Å². The third-order valence-electron chi connectivity index (χ3n) is 1.84. The highest BCUT2D eigenvalue weighted by molar-refractivity contribution is 7.86. The van der Waals surface area contributed by atoms with E-state index in [-0.39, 0.29) is 5.92 Å². The highest BCUT2D eigenvalue weighted by atomic mass is 32.3. The predicted octanol–water partition coefficient (Wildman–Crippen LogP) is 0.0948. The van der Waals surface area contributed by atoms with E-state index in [4.69, 9.17) is 0 Å². The van der Waals surface area contributed by atoms with Crippen molar-refractivity contribution in [3.63, 3.8) is 0 Å². The Kier molecular flexibility index (Phi) is 2.36. The van der Waals surface area contributed by atoms with E-state index in [9.17, 15) is 17.1 Å². The molecule has 0 bridgehead atoms. The van der Waals surface area contributed by atoms with Gasteiger partial charge in [-0.1, -0.05) is 0 Å². The summed E-state index contributed by atoms with van der Waals surface area (Å²) < 4.78 is 36.6. The standard InChI is InChI=1S/C6H9FO4S/c1-11-6(8)5-2-4(5)3-12(7,9)10/h4-5H,2-3H2,1H3/t4-,5+/m0/s1. The highest BCUT2D eigenvalue weighted by Crippen LogP contribution is 2.40. The molecule has 0 spiro atoms. The third kappa shape index (κ3) is 2.44. The molecule has 0 aromatic rings. The molecule has 12 heavy (non-hydrogen) atoms. The van der Waals surface area contributed by atoms with Crippen LogP contribution in [0.3, 0.4) is 0 Å². The molecule has 4 nitrogen and oxygen atoms in total. The average Bonchev–Trinajstić information content (AvgIpc) is 2.62. The van der Waals surface area contributed by atoms with E-state index in [1.165, 1.54) is 7.11 Å². The number of carbonyl (C=O) groups excluding carboxylic acids is 1. The Morgan fingerprint density at radius 2 is 2.25 bits per heavy atom. The number of hydrogen-bond donors (Lipinski definition) is 0. The molecule has 70 valence electrons. The Balaban J connectivity index is 2.39. The van der Waals surface area contributed by atoms with Gasteiger partial charge in [-0.15, -0.1) is 3.89 Å². The van der Waals surface area contributed by atoms with Crippen LogP contribution >= 0.6 is 0 Å². The van der Waals surface area contributed by atoms with Crippen LogP contribution in [0, 0.1) is 11.8 Å². The summed E-state index contributed by atoms with van der Waals surface area (Å²) in [5, 5.41) is 0. The minimum absolute atomic E-state index is 0.382. The van der Waals surface area contributed by atoms with Gasteiger partial charge in [0.15, 0.2) is 0 Å². The second kappa shape index (κ2) is 3.01. The van der Waals surface area contributed by atoms with Gasteiger partial charge in [-0.25, -0.2) is 0 Å². The van der Waals surface area contributed by atoms with Gasteiger partial charge in [0.1, 0.15) is 0 Å². The Labute approximate surface area is 69.9 Å². The van der Waals surface area contributed by atoms with Gasteiger partial charge in [0.05, 0.1) is 18.8 Å². The fourth-order valence-electron chi connectivity index (χ4n) is 1.13. The molecule has 0 saturated heterocycles. The van der Waals surface area contributed by atoms with Crippen molar-refractivity contribution in [2.24, 2.45) is 11.8 Å². The van der Waals surface area contributed by atoms with Gasteiger partial charge in [0.25, 0.3) is 0 Å². The lowest BCUT2D eigenvalue weighted by atomic mass is 10.3. The monoisotopic (exact) mass is 196 g/mol. The van der Waals surface area contributed by atoms with Crippen LogP contribution in [0.15, 0.2) is 0 Å². The van der Waals surface area contributed by atoms with Crippen LogP contribution in [0.2, 0.25) is 0 Å². The van der Waals surface area contributed by atoms with E-state index >= 15 is 0 Å². The number of ether oxygens (including phenoxy) is 1. The molecule has 1 aliphatic carbocycles. The maximum Gasteiger partial charge on any atom is 0.308 e. The maximum absolute atomic E-state index is 12.0. The molecule has 1 saturated carbocycles. The summed E-state index contributed by atoms with van der Waals surface area (Å²) in [6.07, 6.45) is 0.413.